The second kappa shape index (κ2) is 3.82. The Bertz CT molecular complexity index is 400. The van der Waals surface area contributed by atoms with E-state index in [0.29, 0.717) is 0 Å². The van der Waals surface area contributed by atoms with Crippen LogP contribution in [0.1, 0.15) is 36.9 Å². The monoisotopic (exact) mass is 193 g/mol. The maximum absolute atomic E-state index is 11.5. The number of aromatic amines is 2. The molecule has 0 spiro atoms. The summed E-state index contributed by atoms with van der Waals surface area (Å²) >= 11 is 0. The van der Waals surface area contributed by atoms with Crippen molar-refractivity contribution in [1.29, 1.82) is 0 Å². The standard InChI is InChI=1S/C10H15N3O/c1-7-9(10(14)13-12-7)8-5-3-2-4-6-11-8/h2-6H2,1H3,(H2,12,13,14). The van der Waals surface area contributed by atoms with Crippen LogP contribution >= 0.6 is 0 Å². The molecule has 0 unspecified atom stereocenters. The zero-order chi connectivity index (χ0) is 9.97. The summed E-state index contributed by atoms with van der Waals surface area (Å²) in [6.45, 7) is 2.76. The fourth-order valence-electron chi connectivity index (χ4n) is 1.87. The summed E-state index contributed by atoms with van der Waals surface area (Å²) in [5, 5.41) is 5.43. The van der Waals surface area contributed by atoms with E-state index in [-0.39, 0.29) is 5.56 Å². The summed E-state index contributed by atoms with van der Waals surface area (Å²) in [7, 11) is 0. The zero-order valence-electron chi connectivity index (χ0n) is 8.39. The lowest BCUT2D eigenvalue weighted by molar-refractivity contribution is 0.731. The molecule has 0 atom stereocenters. The third kappa shape index (κ3) is 1.64. The van der Waals surface area contributed by atoms with Gasteiger partial charge in [-0.25, -0.2) is 0 Å². The van der Waals surface area contributed by atoms with Crippen molar-refractivity contribution in [3.05, 3.63) is 21.6 Å². The first-order valence-electron chi connectivity index (χ1n) is 5.10. The molecule has 0 fully saturated rings. The van der Waals surface area contributed by atoms with Gasteiger partial charge in [-0.1, -0.05) is 6.42 Å². The van der Waals surface area contributed by atoms with Gasteiger partial charge in [0.1, 0.15) is 0 Å². The van der Waals surface area contributed by atoms with Crippen LogP contribution in [0.25, 0.3) is 0 Å². The van der Waals surface area contributed by atoms with Crippen LogP contribution in [0.5, 0.6) is 0 Å². The molecule has 76 valence electrons. The molecule has 4 nitrogen and oxygen atoms in total. The molecular weight excluding hydrogens is 178 g/mol. The molecule has 2 N–H and O–H groups in total. The van der Waals surface area contributed by atoms with E-state index in [0.717, 1.165) is 42.8 Å². The van der Waals surface area contributed by atoms with E-state index in [1.165, 1.54) is 6.42 Å². The van der Waals surface area contributed by atoms with Gasteiger partial charge < -0.3 is 5.10 Å². The first-order valence-corrected chi connectivity index (χ1v) is 5.10. The Morgan fingerprint density at radius 1 is 1.21 bits per heavy atom. The molecule has 0 bridgehead atoms. The average molecular weight is 193 g/mol. The van der Waals surface area contributed by atoms with Crippen molar-refractivity contribution in [2.24, 2.45) is 4.99 Å². The summed E-state index contributed by atoms with van der Waals surface area (Å²) in [4.78, 5) is 15.9. The fraction of sp³-hybridized carbons (Fsp3) is 0.600. The highest BCUT2D eigenvalue weighted by Gasteiger charge is 2.14. The molecule has 2 heterocycles. The third-order valence-electron chi connectivity index (χ3n) is 2.63. The van der Waals surface area contributed by atoms with E-state index in [9.17, 15) is 4.79 Å². The third-order valence-corrected chi connectivity index (χ3v) is 2.63. The Kier molecular flexibility index (Phi) is 2.52. The summed E-state index contributed by atoms with van der Waals surface area (Å²) < 4.78 is 0. The number of nitrogens with one attached hydrogen (secondary N) is 2. The molecule has 2 rings (SSSR count). The van der Waals surface area contributed by atoms with Crippen LogP contribution in [-0.4, -0.2) is 22.5 Å². The highest BCUT2D eigenvalue weighted by atomic mass is 16.1. The van der Waals surface area contributed by atoms with Gasteiger partial charge in [0.05, 0.1) is 5.56 Å². The van der Waals surface area contributed by atoms with Crippen LogP contribution in [0.3, 0.4) is 0 Å². The highest BCUT2D eigenvalue weighted by molar-refractivity contribution is 6.01. The molecule has 14 heavy (non-hydrogen) atoms. The lowest BCUT2D eigenvalue weighted by Gasteiger charge is -2.00. The summed E-state index contributed by atoms with van der Waals surface area (Å²) in [5.74, 6) is 0. The van der Waals surface area contributed by atoms with E-state index >= 15 is 0 Å². The maximum atomic E-state index is 11.5. The number of aliphatic imine (C=N–C) groups is 1. The Morgan fingerprint density at radius 2 is 2.07 bits per heavy atom. The normalized spacial score (nSPS) is 17.6. The minimum Gasteiger partial charge on any atom is -0.302 e. The van der Waals surface area contributed by atoms with Gasteiger partial charge in [-0.3, -0.25) is 14.9 Å². The molecule has 1 aromatic heterocycles. The smallest absolute Gasteiger partial charge is 0.273 e. The predicted octanol–water partition coefficient (Wildman–Crippen LogP) is 1.37. The Labute approximate surface area is 82.4 Å². The molecular formula is C10H15N3O. The number of H-pyrrole nitrogens is 2. The summed E-state index contributed by atoms with van der Waals surface area (Å²) in [5.41, 5.74) is 2.59. The van der Waals surface area contributed by atoms with Crippen molar-refractivity contribution in [3.63, 3.8) is 0 Å². The summed E-state index contributed by atoms with van der Waals surface area (Å²) in [6.07, 6.45) is 4.43. The number of rotatable bonds is 1. The Balaban J connectivity index is 2.38. The van der Waals surface area contributed by atoms with E-state index < -0.39 is 0 Å². The van der Waals surface area contributed by atoms with Crippen LogP contribution in [0.15, 0.2) is 9.79 Å². The van der Waals surface area contributed by atoms with E-state index in [4.69, 9.17) is 0 Å². The van der Waals surface area contributed by atoms with Gasteiger partial charge in [0.25, 0.3) is 5.56 Å². The van der Waals surface area contributed by atoms with Gasteiger partial charge in [-0.05, 0) is 26.2 Å². The second-order valence-corrected chi connectivity index (χ2v) is 3.72. The van der Waals surface area contributed by atoms with E-state index in [1.54, 1.807) is 0 Å². The SMILES string of the molecule is Cc1[nH][nH]c(=O)c1C1=NCCCCC1. The topological polar surface area (TPSA) is 61.0 Å². The molecule has 0 radical (unpaired) electrons. The van der Waals surface area contributed by atoms with Crippen LogP contribution in [0, 0.1) is 6.92 Å². The quantitative estimate of drug-likeness (QED) is 0.695. The van der Waals surface area contributed by atoms with Crippen LogP contribution in [0.2, 0.25) is 0 Å². The van der Waals surface area contributed by atoms with Crippen LogP contribution < -0.4 is 5.56 Å². The number of nitrogens with zero attached hydrogens (tertiary/aromatic N) is 1. The molecule has 1 aliphatic rings. The largest absolute Gasteiger partial charge is 0.302 e. The number of aromatic nitrogens is 2. The van der Waals surface area contributed by atoms with Crippen molar-refractivity contribution < 1.29 is 0 Å². The first kappa shape index (κ1) is 9.24. The highest BCUT2D eigenvalue weighted by Crippen LogP contribution is 2.12. The molecule has 0 saturated carbocycles. The average Bonchev–Trinajstić information content (AvgIpc) is 2.45. The molecule has 0 saturated heterocycles. The van der Waals surface area contributed by atoms with Crippen LogP contribution in [-0.2, 0) is 0 Å². The van der Waals surface area contributed by atoms with Gasteiger partial charge >= 0.3 is 0 Å². The zero-order valence-corrected chi connectivity index (χ0v) is 8.39. The van der Waals surface area contributed by atoms with Gasteiger partial charge in [0.15, 0.2) is 0 Å². The van der Waals surface area contributed by atoms with Crippen molar-refractivity contribution in [1.82, 2.24) is 10.2 Å². The van der Waals surface area contributed by atoms with Gasteiger partial charge in [-0.2, -0.15) is 0 Å². The second-order valence-electron chi connectivity index (χ2n) is 3.72. The van der Waals surface area contributed by atoms with E-state index in [2.05, 4.69) is 15.2 Å². The van der Waals surface area contributed by atoms with Gasteiger partial charge in [0.2, 0.25) is 0 Å². The first-order chi connectivity index (χ1) is 6.79. The maximum Gasteiger partial charge on any atom is 0.273 e. The summed E-state index contributed by atoms with van der Waals surface area (Å²) in [6, 6.07) is 0. The minimum atomic E-state index is -0.0388. The van der Waals surface area contributed by atoms with Crippen molar-refractivity contribution >= 4 is 5.71 Å². The number of hydrogen-bond acceptors (Lipinski definition) is 2. The lowest BCUT2D eigenvalue weighted by Crippen LogP contribution is -2.14. The molecule has 1 aromatic rings. The van der Waals surface area contributed by atoms with Crippen molar-refractivity contribution in [2.45, 2.75) is 32.6 Å². The van der Waals surface area contributed by atoms with Gasteiger partial charge in [0, 0.05) is 18.0 Å². The lowest BCUT2D eigenvalue weighted by atomic mass is 10.1. The molecule has 0 amide bonds. The van der Waals surface area contributed by atoms with Gasteiger partial charge in [-0.15, -0.1) is 0 Å². The Hall–Kier alpha value is -1.32. The predicted molar refractivity (Wildman–Crippen MR) is 56.0 cm³/mol. The number of aryl methyl sites for hydroxylation is 1. The van der Waals surface area contributed by atoms with Crippen LogP contribution in [0.4, 0.5) is 0 Å². The number of hydrogen-bond donors (Lipinski definition) is 2. The van der Waals surface area contributed by atoms with Crippen molar-refractivity contribution in [2.75, 3.05) is 6.54 Å². The molecule has 0 aromatic carbocycles. The molecule has 0 aliphatic carbocycles. The molecule has 4 heteroatoms. The van der Waals surface area contributed by atoms with E-state index in [1.807, 2.05) is 6.92 Å². The molecule has 1 aliphatic heterocycles. The minimum absolute atomic E-state index is 0.0388. The Morgan fingerprint density at radius 3 is 2.79 bits per heavy atom. The fourth-order valence-corrected chi connectivity index (χ4v) is 1.87. The van der Waals surface area contributed by atoms with Crippen molar-refractivity contribution in [3.8, 4) is 0 Å².